The summed E-state index contributed by atoms with van der Waals surface area (Å²) in [6.07, 6.45) is 1.54. The maximum atomic E-state index is 13.8. The summed E-state index contributed by atoms with van der Waals surface area (Å²) in [4.78, 5) is 8.45. The number of halogens is 1. The molecule has 0 atom stereocenters. The third-order valence-corrected chi connectivity index (χ3v) is 4.29. The fraction of sp³-hybridized carbons (Fsp3) is 0.444. The minimum Gasteiger partial charge on any atom is -0.378 e. The van der Waals surface area contributed by atoms with E-state index in [1.807, 2.05) is 24.1 Å². The van der Waals surface area contributed by atoms with Crippen LogP contribution in [0.1, 0.15) is 11.3 Å². The predicted octanol–water partition coefficient (Wildman–Crippen LogP) is 1.86. The number of aliphatic imine (C=N–C) groups is 1. The molecule has 140 valence electrons. The Balaban J connectivity index is 1.68. The molecule has 0 saturated carbocycles. The molecule has 8 heteroatoms. The Bertz CT molecular complexity index is 729. The zero-order valence-corrected chi connectivity index (χ0v) is 15.1. The number of guanidine groups is 1. The molecule has 1 aliphatic rings. The van der Waals surface area contributed by atoms with Crippen LogP contribution in [-0.2, 0) is 17.8 Å². The van der Waals surface area contributed by atoms with E-state index in [-0.39, 0.29) is 5.82 Å². The van der Waals surface area contributed by atoms with Crippen LogP contribution >= 0.6 is 0 Å². The first-order valence-corrected chi connectivity index (χ1v) is 8.59. The van der Waals surface area contributed by atoms with Crippen LogP contribution in [0.4, 0.5) is 10.1 Å². The van der Waals surface area contributed by atoms with Crippen molar-refractivity contribution in [2.45, 2.75) is 13.1 Å². The van der Waals surface area contributed by atoms with Gasteiger partial charge in [0.2, 0.25) is 0 Å². The first-order chi connectivity index (χ1) is 12.7. The molecule has 2 aromatic rings. The third-order valence-electron chi connectivity index (χ3n) is 4.29. The second-order valence-electron chi connectivity index (χ2n) is 6.12. The number of morpholine rings is 1. The Labute approximate surface area is 152 Å². The van der Waals surface area contributed by atoms with E-state index in [0.717, 1.165) is 30.0 Å². The van der Waals surface area contributed by atoms with Gasteiger partial charge in [0, 0.05) is 45.5 Å². The molecule has 1 aromatic heterocycles. The van der Waals surface area contributed by atoms with Crippen molar-refractivity contribution in [3.63, 3.8) is 0 Å². The van der Waals surface area contributed by atoms with Crippen LogP contribution < -0.4 is 10.2 Å². The maximum absolute atomic E-state index is 13.8. The summed E-state index contributed by atoms with van der Waals surface area (Å²) in [6, 6.07) is 6.72. The number of aromatic nitrogens is 1. The summed E-state index contributed by atoms with van der Waals surface area (Å²) in [5.74, 6) is 0.454. The van der Waals surface area contributed by atoms with Crippen LogP contribution in [0.15, 0.2) is 40.0 Å². The van der Waals surface area contributed by atoms with Crippen LogP contribution in [0.3, 0.4) is 0 Å². The van der Waals surface area contributed by atoms with Gasteiger partial charge in [-0.15, -0.1) is 0 Å². The monoisotopic (exact) mass is 361 g/mol. The Hall–Kier alpha value is -2.61. The normalized spacial score (nSPS) is 15.2. The number of anilines is 1. The highest BCUT2D eigenvalue weighted by Gasteiger charge is 2.16. The van der Waals surface area contributed by atoms with Crippen molar-refractivity contribution < 1.29 is 13.7 Å². The summed E-state index contributed by atoms with van der Waals surface area (Å²) in [5, 5.41) is 7.21. The molecular formula is C18H24FN5O2. The zero-order chi connectivity index (χ0) is 18.4. The molecule has 1 aromatic carbocycles. The number of ether oxygens (including phenoxy) is 1. The van der Waals surface area contributed by atoms with E-state index in [4.69, 9.17) is 9.26 Å². The van der Waals surface area contributed by atoms with E-state index in [1.165, 1.54) is 6.07 Å². The van der Waals surface area contributed by atoms with Crippen LogP contribution in [-0.4, -0.2) is 56.4 Å². The number of rotatable bonds is 5. The van der Waals surface area contributed by atoms with Gasteiger partial charge >= 0.3 is 0 Å². The van der Waals surface area contributed by atoms with Gasteiger partial charge < -0.3 is 24.4 Å². The highest BCUT2D eigenvalue weighted by atomic mass is 19.1. The Morgan fingerprint density at radius 2 is 2.15 bits per heavy atom. The van der Waals surface area contributed by atoms with Crippen LogP contribution in [0.5, 0.6) is 0 Å². The van der Waals surface area contributed by atoms with Gasteiger partial charge in [0.1, 0.15) is 17.8 Å². The fourth-order valence-corrected chi connectivity index (χ4v) is 3.00. The lowest BCUT2D eigenvalue weighted by atomic mass is 10.1. The molecule has 0 spiro atoms. The minimum atomic E-state index is -0.246. The number of nitrogens with zero attached hydrogens (tertiary/aromatic N) is 4. The second-order valence-corrected chi connectivity index (χ2v) is 6.12. The van der Waals surface area contributed by atoms with Crippen LogP contribution in [0, 0.1) is 5.82 Å². The molecule has 0 amide bonds. The molecule has 7 nitrogen and oxygen atoms in total. The number of hydrogen-bond donors (Lipinski definition) is 1. The smallest absolute Gasteiger partial charge is 0.194 e. The SMILES string of the molecule is CN=C(NCc1cc(F)ccc1N1CCOCC1)N(C)Cc1ccon1. The van der Waals surface area contributed by atoms with Crippen molar-refractivity contribution in [3.05, 3.63) is 47.6 Å². The number of nitrogens with one attached hydrogen (secondary N) is 1. The van der Waals surface area contributed by atoms with Crippen molar-refractivity contribution in [1.82, 2.24) is 15.4 Å². The van der Waals surface area contributed by atoms with E-state index in [2.05, 4.69) is 20.4 Å². The van der Waals surface area contributed by atoms with E-state index < -0.39 is 0 Å². The molecule has 0 aliphatic carbocycles. The van der Waals surface area contributed by atoms with Gasteiger partial charge in [0.15, 0.2) is 5.96 Å². The van der Waals surface area contributed by atoms with Gasteiger partial charge in [-0.25, -0.2) is 4.39 Å². The number of benzene rings is 1. The maximum Gasteiger partial charge on any atom is 0.194 e. The lowest BCUT2D eigenvalue weighted by molar-refractivity contribution is 0.122. The van der Waals surface area contributed by atoms with Gasteiger partial charge in [-0.1, -0.05) is 5.16 Å². The molecule has 1 fully saturated rings. The highest BCUT2D eigenvalue weighted by Crippen LogP contribution is 2.23. The molecule has 1 saturated heterocycles. The van der Waals surface area contributed by atoms with E-state index >= 15 is 0 Å². The molecule has 1 aliphatic heterocycles. The Kier molecular flexibility index (Phi) is 6.06. The van der Waals surface area contributed by atoms with Crippen molar-refractivity contribution in [3.8, 4) is 0 Å². The first kappa shape index (κ1) is 18.2. The standard InChI is InChI=1S/C18H24FN5O2/c1-20-18(23(2)13-16-5-8-26-22-16)21-12-14-11-15(19)3-4-17(14)24-6-9-25-10-7-24/h3-5,8,11H,6-7,9-10,12-13H2,1-2H3,(H,20,21). The average molecular weight is 361 g/mol. The molecule has 3 rings (SSSR count). The largest absolute Gasteiger partial charge is 0.378 e. The van der Waals surface area contributed by atoms with Gasteiger partial charge in [0.05, 0.1) is 19.8 Å². The van der Waals surface area contributed by atoms with Crippen molar-refractivity contribution in [2.75, 3.05) is 45.3 Å². The van der Waals surface area contributed by atoms with Crippen LogP contribution in [0.25, 0.3) is 0 Å². The predicted molar refractivity (Wildman–Crippen MR) is 97.6 cm³/mol. The van der Waals surface area contributed by atoms with Gasteiger partial charge in [-0.2, -0.15) is 0 Å². The molecule has 0 radical (unpaired) electrons. The lowest BCUT2D eigenvalue weighted by Crippen LogP contribution is -2.39. The minimum absolute atomic E-state index is 0.246. The molecule has 26 heavy (non-hydrogen) atoms. The van der Waals surface area contributed by atoms with E-state index in [9.17, 15) is 4.39 Å². The Morgan fingerprint density at radius 1 is 1.35 bits per heavy atom. The molecule has 0 bridgehead atoms. The van der Waals surface area contributed by atoms with Crippen molar-refractivity contribution >= 4 is 11.6 Å². The average Bonchev–Trinajstić information content (AvgIpc) is 3.16. The lowest BCUT2D eigenvalue weighted by Gasteiger charge is -2.31. The quantitative estimate of drug-likeness (QED) is 0.648. The molecular weight excluding hydrogens is 337 g/mol. The summed E-state index contributed by atoms with van der Waals surface area (Å²) in [7, 11) is 3.63. The van der Waals surface area contributed by atoms with E-state index in [1.54, 1.807) is 19.4 Å². The summed E-state index contributed by atoms with van der Waals surface area (Å²) in [6.45, 7) is 4.02. The summed E-state index contributed by atoms with van der Waals surface area (Å²) in [5.41, 5.74) is 2.73. The highest BCUT2D eigenvalue weighted by molar-refractivity contribution is 5.79. The molecule has 0 unspecified atom stereocenters. The third kappa shape index (κ3) is 4.51. The molecule has 2 heterocycles. The van der Waals surface area contributed by atoms with Gasteiger partial charge in [0.25, 0.3) is 0 Å². The topological polar surface area (TPSA) is 66.1 Å². The van der Waals surface area contributed by atoms with Gasteiger partial charge in [-0.3, -0.25) is 4.99 Å². The number of hydrogen-bond acceptors (Lipinski definition) is 5. The van der Waals surface area contributed by atoms with Crippen molar-refractivity contribution in [2.24, 2.45) is 4.99 Å². The van der Waals surface area contributed by atoms with E-state index in [0.29, 0.717) is 32.3 Å². The fourth-order valence-electron chi connectivity index (χ4n) is 3.00. The first-order valence-electron chi connectivity index (χ1n) is 8.59. The Morgan fingerprint density at radius 3 is 2.85 bits per heavy atom. The van der Waals surface area contributed by atoms with Gasteiger partial charge in [-0.05, 0) is 23.8 Å². The molecule has 1 N–H and O–H groups in total. The van der Waals surface area contributed by atoms with Crippen molar-refractivity contribution in [1.29, 1.82) is 0 Å². The second kappa shape index (κ2) is 8.66. The summed E-state index contributed by atoms with van der Waals surface area (Å²) >= 11 is 0. The zero-order valence-electron chi connectivity index (χ0n) is 15.1. The summed E-state index contributed by atoms with van der Waals surface area (Å²) < 4.78 is 24.1. The van der Waals surface area contributed by atoms with Crippen LogP contribution in [0.2, 0.25) is 0 Å².